The minimum Gasteiger partial charge on any atom is -0.399 e. The highest BCUT2D eigenvalue weighted by atomic mass is 32.2. The number of anilines is 1. The summed E-state index contributed by atoms with van der Waals surface area (Å²) < 4.78 is 39.9. The number of rotatable bonds is 5. The van der Waals surface area contributed by atoms with Crippen molar-refractivity contribution in [1.29, 1.82) is 0 Å². The highest BCUT2D eigenvalue weighted by Crippen LogP contribution is 2.22. The molecule has 1 aromatic carbocycles. The Bertz CT molecular complexity index is 531. The van der Waals surface area contributed by atoms with Crippen molar-refractivity contribution >= 4 is 15.7 Å². The number of nitrogen functional groups attached to an aromatic ring is 1. The van der Waals surface area contributed by atoms with Gasteiger partial charge in [-0.2, -0.15) is 0 Å². The summed E-state index contributed by atoms with van der Waals surface area (Å²) in [7, 11) is -3.84. The Morgan fingerprint density at radius 2 is 2.11 bits per heavy atom. The maximum atomic E-state index is 13.4. The number of aliphatic hydroxyl groups excluding tert-OH is 1. The standard InChI is InChI=1S/C11H17FN2O3S/c1-7(3-4-15)14-18(16,17)11-6-9(13)5-10(12)8(11)2/h5-7,14-15H,3-4,13H2,1-2H3. The average molecular weight is 276 g/mol. The van der Waals surface area contributed by atoms with Gasteiger partial charge in [-0.3, -0.25) is 0 Å². The molecule has 7 heteroatoms. The molecule has 18 heavy (non-hydrogen) atoms. The molecule has 0 radical (unpaired) electrons. The lowest BCUT2D eigenvalue weighted by Crippen LogP contribution is -2.33. The summed E-state index contributed by atoms with van der Waals surface area (Å²) in [5, 5.41) is 8.73. The van der Waals surface area contributed by atoms with Crippen LogP contribution in [0.4, 0.5) is 10.1 Å². The van der Waals surface area contributed by atoms with E-state index in [0.717, 1.165) is 6.07 Å². The number of benzene rings is 1. The van der Waals surface area contributed by atoms with Crippen LogP contribution in [0.15, 0.2) is 17.0 Å². The Hall–Kier alpha value is -1.18. The minimum atomic E-state index is -3.84. The van der Waals surface area contributed by atoms with Gasteiger partial charge in [0.1, 0.15) is 5.82 Å². The molecule has 5 nitrogen and oxygen atoms in total. The summed E-state index contributed by atoms with van der Waals surface area (Å²) in [5.74, 6) is -0.662. The molecule has 0 fully saturated rings. The van der Waals surface area contributed by atoms with Gasteiger partial charge in [0.2, 0.25) is 10.0 Å². The summed E-state index contributed by atoms with van der Waals surface area (Å²) in [5.41, 5.74) is 5.51. The molecule has 0 saturated heterocycles. The number of hydrogen-bond acceptors (Lipinski definition) is 4. The van der Waals surface area contributed by atoms with Crippen molar-refractivity contribution in [1.82, 2.24) is 4.72 Å². The molecule has 0 bridgehead atoms. The van der Waals surface area contributed by atoms with Gasteiger partial charge in [-0.05, 0) is 32.4 Å². The third-order valence-corrected chi connectivity index (χ3v) is 4.24. The van der Waals surface area contributed by atoms with E-state index >= 15 is 0 Å². The van der Waals surface area contributed by atoms with Crippen molar-refractivity contribution < 1.29 is 17.9 Å². The van der Waals surface area contributed by atoms with E-state index in [1.165, 1.54) is 13.0 Å². The second-order valence-corrected chi connectivity index (χ2v) is 5.84. The number of nitrogens with two attached hydrogens (primary N) is 1. The van der Waals surface area contributed by atoms with E-state index in [1.807, 2.05) is 0 Å². The van der Waals surface area contributed by atoms with Crippen molar-refractivity contribution in [3.05, 3.63) is 23.5 Å². The van der Waals surface area contributed by atoms with E-state index < -0.39 is 21.9 Å². The molecule has 1 unspecified atom stereocenters. The SMILES string of the molecule is Cc1c(F)cc(N)cc1S(=O)(=O)NC(C)CCO. The number of nitrogens with one attached hydrogen (secondary N) is 1. The molecule has 4 N–H and O–H groups in total. The zero-order chi connectivity index (χ0) is 13.9. The maximum Gasteiger partial charge on any atom is 0.241 e. The first-order chi connectivity index (χ1) is 8.27. The molecular weight excluding hydrogens is 259 g/mol. The van der Waals surface area contributed by atoms with Crippen molar-refractivity contribution in [2.24, 2.45) is 0 Å². The lowest BCUT2D eigenvalue weighted by atomic mass is 10.2. The Kier molecular flexibility index (Phi) is 4.66. The van der Waals surface area contributed by atoms with Crippen LogP contribution in [0.25, 0.3) is 0 Å². The van der Waals surface area contributed by atoms with E-state index in [-0.39, 0.29) is 29.2 Å². The fourth-order valence-electron chi connectivity index (χ4n) is 1.53. The van der Waals surface area contributed by atoms with Gasteiger partial charge in [0.25, 0.3) is 0 Å². The van der Waals surface area contributed by atoms with Crippen molar-refractivity contribution in [3.63, 3.8) is 0 Å². The van der Waals surface area contributed by atoms with Gasteiger partial charge in [0.05, 0.1) is 4.90 Å². The summed E-state index contributed by atoms with van der Waals surface area (Å²) in [6.45, 7) is 2.86. The van der Waals surface area contributed by atoms with E-state index in [1.54, 1.807) is 6.92 Å². The van der Waals surface area contributed by atoms with Gasteiger partial charge in [-0.15, -0.1) is 0 Å². The van der Waals surface area contributed by atoms with Crippen LogP contribution in [0, 0.1) is 12.7 Å². The topological polar surface area (TPSA) is 92.4 Å². The van der Waals surface area contributed by atoms with Crippen molar-refractivity contribution in [2.75, 3.05) is 12.3 Å². The molecule has 0 amide bonds. The number of aliphatic hydroxyl groups is 1. The van der Waals surface area contributed by atoms with Crippen LogP contribution in [0.3, 0.4) is 0 Å². The number of hydrogen-bond donors (Lipinski definition) is 3. The zero-order valence-corrected chi connectivity index (χ0v) is 11.1. The van der Waals surface area contributed by atoms with Crippen LogP contribution in [0.2, 0.25) is 0 Å². The Morgan fingerprint density at radius 1 is 1.50 bits per heavy atom. The minimum absolute atomic E-state index is 0.0212. The number of sulfonamides is 1. The van der Waals surface area contributed by atoms with Crippen LogP contribution in [-0.4, -0.2) is 26.2 Å². The van der Waals surface area contributed by atoms with Crippen LogP contribution >= 0.6 is 0 Å². The first-order valence-corrected chi connectivity index (χ1v) is 6.95. The van der Waals surface area contributed by atoms with Gasteiger partial charge >= 0.3 is 0 Å². The van der Waals surface area contributed by atoms with Gasteiger partial charge < -0.3 is 10.8 Å². The van der Waals surface area contributed by atoms with E-state index in [4.69, 9.17) is 10.8 Å². The average Bonchev–Trinajstić information content (AvgIpc) is 2.22. The van der Waals surface area contributed by atoms with Crippen LogP contribution in [0.5, 0.6) is 0 Å². The zero-order valence-electron chi connectivity index (χ0n) is 10.3. The maximum absolute atomic E-state index is 13.4. The normalized spacial score (nSPS) is 13.6. The Morgan fingerprint density at radius 3 is 2.67 bits per heavy atom. The lowest BCUT2D eigenvalue weighted by molar-refractivity contribution is 0.275. The summed E-state index contributed by atoms with van der Waals surface area (Å²) in [4.78, 5) is -0.176. The molecule has 0 aliphatic carbocycles. The van der Waals surface area contributed by atoms with Gasteiger partial charge in [-0.1, -0.05) is 0 Å². The largest absolute Gasteiger partial charge is 0.399 e. The monoisotopic (exact) mass is 276 g/mol. The van der Waals surface area contributed by atoms with Gasteiger partial charge in [-0.25, -0.2) is 17.5 Å². The molecule has 102 valence electrons. The Labute approximate surface area is 106 Å². The predicted octanol–water partition coefficient (Wildman–Crippen LogP) is 0.766. The van der Waals surface area contributed by atoms with Crippen LogP contribution in [-0.2, 0) is 10.0 Å². The molecule has 1 rings (SSSR count). The molecule has 0 aliphatic heterocycles. The van der Waals surface area contributed by atoms with Gasteiger partial charge in [0.15, 0.2) is 0 Å². The van der Waals surface area contributed by atoms with E-state index in [0.29, 0.717) is 0 Å². The van der Waals surface area contributed by atoms with Crippen LogP contribution < -0.4 is 10.5 Å². The highest BCUT2D eigenvalue weighted by Gasteiger charge is 2.21. The molecular formula is C11H17FN2O3S. The van der Waals surface area contributed by atoms with Crippen LogP contribution in [0.1, 0.15) is 18.9 Å². The molecule has 0 heterocycles. The third kappa shape index (κ3) is 3.41. The molecule has 1 aromatic rings. The second kappa shape index (κ2) is 5.64. The summed E-state index contributed by atoms with van der Waals surface area (Å²) in [6.07, 6.45) is 0.281. The fourth-order valence-corrected chi connectivity index (χ4v) is 3.10. The predicted molar refractivity (Wildman–Crippen MR) is 67.0 cm³/mol. The van der Waals surface area contributed by atoms with E-state index in [9.17, 15) is 12.8 Å². The van der Waals surface area contributed by atoms with Gasteiger partial charge in [0, 0.05) is 23.9 Å². The Balaban J connectivity index is 3.13. The quantitative estimate of drug-likeness (QED) is 0.692. The molecule has 0 aromatic heterocycles. The van der Waals surface area contributed by atoms with Crippen molar-refractivity contribution in [3.8, 4) is 0 Å². The molecule has 0 aliphatic rings. The molecule has 1 atom stereocenters. The second-order valence-electron chi connectivity index (χ2n) is 4.16. The first-order valence-electron chi connectivity index (χ1n) is 5.46. The fraction of sp³-hybridized carbons (Fsp3) is 0.455. The lowest BCUT2D eigenvalue weighted by Gasteiger charge is -2.15. The van der Waals surface area contributed by atoms with Crippen molar-refractivity contribution in [2.45, 2.75) is 31.2 Å². The molecule has 0 spiro atoms. The third-order valence-electron chi connectivity index (χ3n) is 2.53. The smallest absolute Gasteiger partial charge is 0.241 e. The first kappa shape index (κ1) is 14.9. The molecule has 0 saturated carbocycles. The number of halogens is 1. The van der Waals surface area contributed by atoms with E-state index in [2.05, 4.69) is 4.72 Å². The summed E-state index contributed by atoms with van der Waals surface area (Å²) in [6, 6.07) is 1.85. The highest BCUT2D eigenvalue weighted by molar-refractivity contribution is 7.89. The summed E-state index contributed by atoms with van der Waals surface area (Å²) >= 11 is 0.